The van der Waals surface area contributed by atoms with E-state index in [1.807, 2.05) is 13.8 Å². The van der Waals surface area contributed by atoms with Gasteiger partial charge in [0.25, 0.3) is 0 Å². The molecule has 0 saturated heterocycles. The molecule has 1 aliphatic rings. The van der Waals surface area contributed by atoms with Gasteiger partial charge < -0.3 is 9.63 Å². The Labute approximate surface area is 76.6 Å². The van der Waals surface area contributed by atoms with E-state index in [4.69, 9.17) is 9.63 Å². The Kier molecular flexibility index (Phi) is 3.95. The van der Waals surface area contributed by atoms with Gasteiger partial charge in [-0.1, -0.05) is 19.3 Å². The third-order valence-corrected chi connectivity index (χ3v) is 2.94. The van der Waals surface area contributed by atoms with Crippen LogP contribution in [-0.4, -0.2) is 16.3 Å². The SMILES string of the molecule is CC(C)(OC1CCCCC1)PO. The molecule has 0 bridgehead atoms. The van der Waals surface area contributed by atoms with E-state index in [0.717, 1.165) is 0 Å². The van der Waals surface area contributed by atoms with Gasteiger partial charge in [0.15, 0.2) is 0 Å². The van der Waals surface area contributed by atoms with E-state index in [9.17, 15) is 0 Å². The number of ether oxygens (including phenoxy) is 1. The molecule has 2 nitrogen and oxygen atoms in total. The predicted molar refractivity (Wildman–Crippen MR) is 52.6 cm³/mol. The Morgan fingerprint density at radius 2 is 1.83 bits per heavy atom. The highest BCUT2D eigenvalue weighted by Crippen LogP contribution is 2.33. The summed E-state index contributed by atoms with van der Waals surface area (Å²) in [4.78, 5) is 9.03. The maximum Gasteiger partial charge on any atom is 0.103 e. The number of hydrogen-bond donors (Lipinski definition) is 1. The van der Waals surface area contributed by atoms with Crippen LogP contribution in [0, 0.1) is 0 Å². The van der Waals surface area contributed by atoms with Crippen molar-refractivity contribution in [3.05, 3.63) is 0 Å². The molecule has 0 amide bonds. The smallest absolute Gasteiger partial charge is 0.103 e. The first-order chi connectivity index (χ1) is 5.64. The molecule has 1 fully saturated rings. The molecular formula is C9H19O2P. The average Bonchev–Trinajstić information content (AvgIpc) is 2.06. The van der Waals surface area contributed by atoms with Crippen LogP contribution in [0.15, 0.2) is 0 Å². The number of hydrogen-bond acceptors (Lipinski definition) is 2. The summed E-state index contributed by atoms with van der Waals surface area (Å²) in [6.07, 6.45) is 6.67. The molecule has 0 aliphatic heterocycles. The molecule has 3 heteroatoms. The molecule has 0 radical (unpaired) electrons. The predicted octanol–water partition coefficient (Wildman–Crippen LogP) is 2.66. The van der Waals surface area contributed by atoms with Gasteiger partial charge in [-0.2, -0.15) is 0 Å². The fourth-order valence-corrected chi connectivity index (χ4v) is 1.85. The largest absolute Gasteiger partial charge is 0.374 e. The second-order valence-corrected chi connectivity index (χ2v) is 5.43. The zero-order valence-electron chi connectivity index (χ0n) is 7.97. The summed E-state index contributed by atoms with van der Waals surface area (Å²) in [7, 11) is -0.113. The quantitative estimate of drug-likeness (QED) is 0.693. The van der Waals surface area contributed by atoms with Gasteiger partial charge in [-0.05, 0) is 26.7 Å². The van der Waals surface area contributed by atoms with E-state index >= 15 is 0 Å². The Balaban J connectivity index is 2.28. The molecule has 0 aromatic rings. The molecule has 0 aromatic carbocycles. The van der Waals surface area contributed by atoms with E-state index in [-0.39, 0.29) is 14.1 Å². The van der Waals surface area contributed by atoms with Crippen molar-refractivity contribution in [1.82, 2.24) is 0 Å². The molecule has 1 aliphatic carbocycles. The zero-order valence-corrected chi connectivity index (χ0v) is 8.97. The van der Waals surface area contributed by atoms with E-state index in [1.54, 1.807) is 0 Å². The molecule has 1 saturated carbocycles. The van der Waals surface area contributed by atoms with Crippen molar-refractivity contribution in [3.63, 3.8) is 0 Å². The Hall–Kier alpha value is 0.350. The van der Waals surface area contributed by atoms with Gasteiger partial charge in [0.1, 0.15) is 5.34 Å². The highest BCUT2D eigenvalue weighted by molar-refractivity contribution is 7.32. The van der Waals surface area contributed by atoms with Gasteiger partial charge in [0.2, 0.25) is 0 Å². The Morgan fingerprint density at radius 1 is 1.25 bits per heavy atom. The van der Waals surface area contributed by atoms with Crippen molar-refractivity contribution < 1.29 is 9.63 Å². The van der Waals surface area contributed by atoms with E-state index in [2.05, 4.69) is 0 Å². The van der Waals surface area contributed by atoms with Gasteiger partial charge in [0.05, 0.1) is 6.10 Å². The molecule has 0 spiro atoms. The van der Waals surface area contributed by atoms with Crippen LogP contribution in [0.2, 0.25) is 0 Å². The first-order valence-electron chi connectivity index (χ1n) is 4.73. The normalized spacial score (nSPS) is 22.2. The highest BCUT2D eigenvalue weighted by atomic mass is 31.1. The minimum atomic E-state index is -0.317. The Morgan fingerprint density at radius 3 is 2.33 bits per heavy atom. The van der Waals surface area contributed by atoms with Crippen molar-refractivity contribution in [2.75, 3.05) is 0 Å². The maximum absolute atomic E-state index is 9.03. The van der Waals surface area contributed by atoms with Crippen molar-refractivity contribution in [3.8, 4) is 0 Å². The molecule has 72 valence electrons. The lowest BCUT2D eigenvalue weighted by molar-refractivity contribution is -0.0367. The fourth-order valence-electron chi connectivity index (χ4n) is 1.63. The summed E-state index contributed by atoms with van der Waals surface area (Å²) >= 11 is 0. The second-order valence-electron chi connectivity index (χ2n) is 4.00. The number of rotatable bonds is 3. The van der Waals surface area contributed by atoms with Crippen LogP contribution in [0.1, 0.15) is 46.0 Å². The van der Waals surface area contributed by atoms with E-state index in [0.29, 0.717) is 6.10 Å². The fraction of sp³-hybridized carbons (Fsp3) is 1.00. The minimum Gasteiger partial charge on any atom is -0.374 e. The van der Waals surface area contributed by atoms with Crippen molar-refractivity contribution in [1.29, 1.82) is 0 Å². The summed E-state index contributed by atoms with van der Waals surface area (Å²) in [5, 5.41) is -0.317. The third kappa shape index (κ3) is 3.38. The third-order valence-electron chi connectivity index (χ3n) is 2.28. The van der Waals surface area contributed by atoms with Gasteiger partial charge >= 0.3 is 0 Å². The first-order valence-corrected chi connectivity index (χ1v) is 5.68. The van der Waals surface area contributed by atoms with Crippen LogP contribution in [0.25, 0.3) is 0 Å². The molecule has 1 N–H and O–H groups in total. The van der Waals surface area contributed by atoms with Crippen LogP contribution in [-0.2, 0) is 4.74 Å². The zero-order chi connectivity index (χ0) is 9.03. The first kappa shape index (κ1) is 10.4. The maximum atomic E-state index is 9.03. The second kappa shape index (κ2) is 4.55. The molecule has 12 heavy (non-hydrogen) atoms. The summed E-state index contributed by atoms with van der Waals surface area (Å²) in [5.41, 5.74) is 0. The standard InChI is InChI=1S/C9H19O2P/c1-9(2,12-10)11-8-6-4-3-5-7-8/h8,10,12H,3-7H2,1-2H3. The lowest BCUT2D eigenvalue weighted by Gasteiger charge is -2.31. The lowest BCUT2D eigenvalue weighted by Crippen LogP contribution is -2.27. The lowest BCUT2D eigenvalue weighted by atomic mass is 9.98. The topological polar surface area (TPSA) is 29.5 Å². The van der Waals surface area contributed by atoms with Gasteiger partial charge in [-0.25, -0.2) is 0 Å². The summed E-state index contributed by atoms with van der Waals surface area (Å²) < 4.78 is 5.79. The van der Waals surface area contributed by atoms with Crippen LogP contribution in [0.3, 0.4) is 0 Å². The van der Waals surface area contributed by atoms with Crippen molar-refractivity contribution >= 4 is 8.81 Å². The van der Waals surface area contributed by atoms with Gasteiger partial charge in [-0.3, -0.25) is 0 Å². The van der Waals surface area contributed by atoms with Crippen molar-refractivity contribution in [2.24, 2.45) is 0 Å². The Bertz CT molecular complexity index is 130. The molecular weight excluding hydrogens is 171 g/mol. The van der Waals surface area contributed by atoms with E-state index in [1.165, 1.54) is 32.1 Å². The molecule has 0 aromatic heterocycles. The van der Waals surface area contributed by atoms with Crippen LogP contribution in [0.5, 0.6) is 0 Å². The van der Waals surface area contributed by atoms with E-state index < -0.39 is 0 Å². The molecule has 1 rings (SSSR count). The van der Waals surface area contributed by atoms with Crippen LogP contribution >= 0.6 is 8.81 Å². The van der Waals surface area contributed by atoms with Gasteiger partial charge in [0, 0.05) is 8.81 Å². The van der Waals surface area contributed by atoms with Crippen LogP contribution < -0.4 is 0 Å². The average molecular weight is 190 g/mol. The van der Waals surface area contributed by atoms with Gasteiger partial charge in [-0.15, -0.1) is 0 Å². The summed E-state index contributed by atoms with van der Waals surface area (Å²) in [5.74, 6) is 0. The minimum absolute atomic E-state index is 0.113. The van der Waals surface area contributed by atoms with Crippen molar-refractivity contribution in [2.45, 2.75) is 57.4 Å². The monoisotopic (exact) mass is 190 g/mol. The summed E-state index contributed by atoms with van der Waals surface area (Å²) in [6, 6.07) is 0. The summed E-state index contributed by atoms with van der Waals surface area (Å²) in [6.45, 7) is 3.92. The molecule has 1 atom stereocenters. The molecule has 0 heterocycles. The highest BCUT2D eigenvalue weighted by Gasteiger charge is 2.24. The van der Waals surface area contributed by atoms with Crippen LogP contribution in [0.4, 0.5) is 0 Å². The molecule has 1 unspecified atom stereocenters.